The molecule has 12 heavy (non-hydrogen) atoms. The third-order valence-electron chi connectivity index (χ3n) is 1.72. The van der Waals surface area contributed by atoms with Gasteiger partial charge in [0.05, 0.1) is 0 Å². The van der Waals surface area contributed by atoms with Gasteiger partial charge in [-0.25, -0.2) is 0 Å². The number of rotatable bonds is 4. The third kappa shape index (κ3) is 4.54. The van der Waals surface area contributed by atoms with Crippen LogP contribution < -0.4 is 0 Å². The number of halogens is 1. The minimum Gasteiger partial charge on any atom is -0.269 e. The first-order chi connectivity index (χ1) is 5.43. The van der Waals surface area contributed by atoms with Gasteiger partial charge in [0.25, 0.3) is 0 Å². The maximum Gasteiger partial charge on any atom is 0.207 e. The van der Waals surface area contributed by atoms with Gasteiger partial charge in [-0.05, 0) is 0 Å². The number of hydrogen-bond donors (Lipinski definition) is 0. The molecule has 0 nitrogen and oxygen atoms in total. The highest BCUT2D eigenvalue weighted by Crippen LogP contribution is 1.99. The molecule has 1 radical (unpaired) electrons. The van der Waals surface area contributed by atoms with Crippen LogP contribution in [0.3, 0.4) is 0 Å². The van der Waals surface area contributed by atoms with Crippen LogP contribution in [0, 0.1) is 0 Å². The lowest BCUT2D eigenvalue weighted by molar-refractivity contribution is 1.06. The quantitative estimate of drug-likeness (QED) is 0.495. The van der Waals surface area contributed by atoms with Crippen LogP contribution in [0.5, 0.6) is 0 Å². The SMILES string of the molecule is CC[CH2][Al][CH2]c1ccccc1.F. The minimum absolute atomic E-state index is 0. The summed E-state index contributed by atoms with van der Waals surface area (Å²) in [4.78, 5) is 0. The molecular formula is C10H15AlF. The topological polar surface area (TPSA) is 0 Å². The predicted molar refractivity (Wildman–Crippen MR) is 53.5 cm³/mol. The van der Waals surface area contributed by atoms with Gasteiger partial charge in [0.2, 0.25) is 15.2 Å². The van der Waals surface area contributed by atoms with E-state index in [4.69, 9.17) is 0 Å². The highest BCUT2D eigenvalue weighted by atomic mass is 27.1. The number of benzene rings is 1. The van der Waals surface area contributed by atoms with Crippen molar-refractivity contribution in [3.63, 3.8) is 0 Å². The molecule has 0 aliphatic carbocycles. The Morgan fingerprint density at radius 2 is 1.83 bits per heavy atom. The summed E-state index contributed by atoms with van der Waals surface area (Å²) < 4.78 is 0. The van der Waals surface area contributed by atoms with Crippen molar-refractivity contribution in [1.82, 2.24) is 0 Å². The Labute approximate surface area is 80.1 Å². The molecule has 1 aromatic carbocycles. The van der Waals surface area contributed by atoms with Crippen LogP contribution in [0.25, 0.3) is 0 Å². The summed E-state index contributed by atoms with van der Waals surface area (Å²) in [5.74, 6) is 0. The van der Waals surface area contributed by atoms with Crippen LogP contribution in [0.1, 0.15) is 18.9 Å². The third-order valence-corrected chi connectivity index (χ3v) is 3.46. The summed E-state index contributed by atoms with van der Waals surface area (Å²) in [7, 11) is 0. The van der Waals surface area contributed by atoms with E-state index in [1.807, 2.05) is 0 Å². The average Bonchev–Trinajstić information content (AvgIpc) is 2.07. The average molecular weight is 181 g/mol. The van der Waals surface area contributed by atoms with Crippen LogP contribution in [-0.2, 0) is 5.28 Å². The molecule has 0 spiro atoms. The van der Waals surface area contributed by atoms with Crippen molar-refractivity contribution in [2.24, 2.45) is 0 Å². The lowest BCUT2D eigenvalue weighted by Crippen LogP contribution is -1.94. The van der Waals surface area contributed by atoms with Crippen LogP contribution in [-0.4, -0.2) is 15.2 Å². The van der Waals surface area contributed by atoms with Crippen LogP contribution in [0.2, 0.25) is 5.28 Å². The fraction of sp³-hybridized carbons (Fsp3) is 0.400. The van der Waals surface area contributed by atoms with Crippen molar-refractivity contribution in [2.75, 3.05) is 0 Å². The molecule has 1 aromatic rings. The second-order valence-electron chi connectivity index (χ2n) is 2.77. The lowest BCUT2D eigenvalue weighted by atomic mass is 10.2. The smallest absolute Gasteiger partial charge is 0.207 e. The molecule has 0 unspecified atom stereocenters. The van der Waals surface area contributed by atoms with Gasteiger partial charge in [-0.2, -0.15) is 0 Å². The van der Waals surface area contributed by atoms with E-state index < -0.39 is 0 Å². The normalized spacial score (nSPS) is 8.75. The first kappa shape index (κ1) is 11.7. The van der Waals surface area contributed by atoms with E-state index in [1.54, 1.807) is 0 Å². The molecule has 0 atom stereocenters. The Balaban J connectivity index is 0.00000121. The van der Waals surface area contributed by atoms with E-state index in [0.717, 1.165) is 0 Å². The molecule has 0 fully saturated rings. The maximum atomic E-state index is 2.26. The number of hydrogen-bond acceptors (Lipinski definition) is 0. The maximum absolute atomic E-state index is 2.26. The van der Waals surface area contributed by atoms with Gasteiger partial charge in [0.1, 0.15) is 0 Å². The molecule has 0 aliphatic rings. The lowest BCUT2D eigenvalue weighted by Gasteiger charge is -1.96. The van der Waals surface area contributed by atoms with Crippen molar-refractivity contribution < 1.29 is 4.70 Å². The summed E-state index contributed by atoms with van der Waals surface area (Å²) in [5.41, 5.74) is 1.51. The zero-order valence-electron chi connectivity index (χ0n) is 7.49. The Morgan fingerprint density at radius 3 is 2.42 bits per heavy atom. The summed E-state index contributed by atoms with van der Waals surface area (Å²) in [6, 6.07) is 10.8. The molecule has 2 heteroatoms. The summed E-state index contributed by atoms with van der Waals surface area (Å²) in [6.07, 6.45) is 1.35. The van der Waals surface area contributed by atoms with Crippen molar-refractivity contribution in [3.05, 3.63) is 35.9 Å². The first-order valence-electron chi connectivity index (χ1n) is 4.29. The molecule has 0 heterocycles. The standard InChI is InChI=1S/C7H7.C3H7.Al.FH/c1-7-5-3-2-4-6-7;1-3-2;;/h2-6H,1H2;1,3H2,2H3;;1H. The second-order valence-corrected chi connectivity index (χ2v) is 4.33. The van der Waals surface area contributed by atoms with Gasteiger partial charge < -0.3 is 0 Å². The van der Waals surface area contributed by atoms with Gasteiger partial charge in [-0.15, -0.1) is 5.28 Å². The Kier molecular flexibility index (Phi) is 7.14. The Morgan fingerprint density at radius 1 is 1.17 bits per heavy atom. The zero-order valence-corrected chi connectivity index (χ0v) is 8.65. The van der Waals surface area contributed by atoms with E-state index >= 15 is 0 Å². The molecule has 1 rings (SSSR count). The second kappa shape index (κ2) is 7.34. The summed E-state index contributed by atoms with van der Waals surface area (Å²) in [6.45, 7) is 2.26. The van der Waals surface area contributed by atoms with Gasteiger partial charge in [-0.1, -0.05) is 54.5 Å². The fourth-order valence-electron chi connectivity index (χ4n) is 1.09. The van der Waals surface area contributed by atoms with Crippen molar-refractivity contribution in [2.45, 2.75) is 23.9 Å². The van der Waals surface area contributed by atoms with Gasteiger partial charge in [-0.3, -0.25) is 4.70 Å². The monoisotopic (exact) mass is 181 g/mol. The highest BCUT2D eigenvalue weighted by Gasteiger charge is 1.92. The molecule has 0 N–H and O–H groups in total. The zero-order chi connectivity index (χ0) is 7.94. The molecular weight excluding hydrogens is 166 g/mol. The Hall–Kier alpha value is -0.318. The summed E-state index contributed by atoms with van der Waals surface area (Å²) in [5, 5.41) is 2.77. The van der Waals surface area contributed by atoms with Crippen LogP contribution >= 0.6 is 0 Å². The van der Waals surface area contributed by atoms with Crippen molar-refractivity contribution >= 4 is 15.2 Å². The van der Waals surface area contributed by atoms with E-state index in [1.165, 1.54) is 22.5 Å². The largest absolute Gasteiger partial charge is 0.269 e. The molecule has 65 valence electrons. The summed E-state index contributed by atoms with van der Waals surface area (Å²) >= 11 is 0.661. The van der Waals surface area contributed by atoms with Gasteiger partial charge in [0.15, 0.2) is 0 Å². The first-order valence-corrected chi connectivity index (χ1v) is 5.92. The molecule has 0 aromatic heterocycles. The molecule has 0 saturated carbocycles. The van der Waals surface area contributed by atoms with Crippen molar-refractivity contribution in [1.29, 1.82) is 0 Å². The molecule has 0 bridgehead atoms. The predicted octanol–water partition coefficient (Wildman–Crippen LogP) is 2.87. The van der Waals surface area contributed by atoms with Crippen molar-refractivity contribution in [3.8, 4) is 0 Å². The van der Waals surface area contributed by atoms with Gasteiger partial charge >= 0.3 is 0 Å². The van der Waals surface area contributed by atoms with Crippen LogP contribution in [0.15, 0.2) is 30.3 Å². The van der Waals surface area contributed by atoms with Crippen LogP contribution in [0.4, 0.5) is 4.70 Å². The van der Waals surface area contributed by atoms with E-state index in [0.29, 0.717) is 15.2 Å². The molecule has 0 amide bonds. The fourth-order valence-corrected chi connectivity index (χ4v) is 2.30. The molecule has 0 saturated heterocycles. The highest BCUT2D eigenvalue weighted by molar-refractivity contribution is 6.34. The van der Waals surface area contributed by atoms with E-state index in [-0.39, 0.29) is 4.70 Å². The van der Waals surface area contributed by atoms with Gasteiger partial charge in [0, 0.05) is 0 Å². The minimum atomic E-state index is 0. The Bertz CT molecular complexity index is 186. The molecule has 0 aliphatic heterocycles. The van der Waals surface area contributed by atoms with E-state index in [2.05, 4.69) is 37.3 Å². The van der Waals surface area contributed by atoms with E-state index in [9.17, 15) is 0 Å².